The first kappa shape index (κ1) is 21.9. The normalized spacial score (nSPS) is 21.3. The molecule has 1 saturated heterocycles. The lowest BCUT2D eigenvalue weighted by Gasteiger charge is -2.33. The van der Waals surface area contributed by atoms with Crippen molar-refractivity contribution in [3.05, 3.63) is 75.3 Å². The Bertz CT molecular complexity index is 1220. The second-order valence-electron chi connectivity index (χ2n) is 8.65. The molecular weight excluding hydrogens is 460 g/mol. The highest BCUT2D eigenvalue weighted by atomic mass is 35.5. The molecule has 1 aliphatic heterocycles. The van der Waals surface area contributed by atoms with Crippen LogP contribution < -0.4 is 0 Å². The number of fused-ring (bicyclic) bond motifs is 1. The number of nitrogens with one attached hydrogen (secondary N) is 1. The van der Waals surface area contributed by atoms with E-state index in [1.807, 2.05) is 24.5 Å². The molecule has 2 atom stereocenters. The fourth-order valence-electron chi connectivity index (χ4n) is 5.06. The molecular formula is C25H22Cl2FN5. The maximum atomic E-state index is 13.3. The minimum absolute atomic E-state index is 0.0714. The van der Waals surface area contributed by atoms with Crippen molar-refractivity contribution >= 4 is 29.0 Å². The van der Waals surface area contributed by atoms with Crippen molar-refractivity contribution in [3.63, 3.8) is 0 Å². The molecule has 0 amide bonds. The molecule has 2 heterocycles. The summed E-state index contributed by atoms with van der Waals surface area (Å²) >= 11 is 13.3. The molecule has 1 unspecified atom stereocenters. The summed E-state index contributed by atoms with van der Waals surface area (Å²) in [5, 5.41) is 17.8. The van der Waals surface area contributed by atoms with Crippen LogP contribution >= 0.6 is 23.2 Å². The number of nitriles is 1. The Labute approximate surface area is 201 Å². The van der Waals surface area contributed by atoms with E-state index in [0.29, 0.717) is 22.5 Å². The van der Waals surface area contributed by atoms with Gasteiger partial charge in [-0.1, -0.05) is 35.3 Å². The minimum Gasteiger partial charge on any atom is -0.356 e. The molecule has 0 saturated carbocycles. The van der Waals surface area contributed by atoms with Crippen molar-refractivity contribution < 1.29 is 4.39 Å². The van der Waals surface area contributed by atoms with Gasteiger partial charge in [-0.2, -0.15) is 15.4 Å². The fourth-order valence-corrected chi connectivity index (χ4v) is 5.70. The lowest BCUT2D eigenvalue weighted by Crippen LogP contribution is -2.41. The van der Waals surface area contributed by atoms with Gasteiger partial charge >= 0.3 is 0 Å². The number of likely N-dealkylation sites (tertiary alicyclic amines) is 1. The zero-order chi connectivity index (χ0) is 22.9. The van der Waals surface area contributed by atoms with Crippen LogP contribution in [0.25, 0.3) is 11.1 Å². The van der Waals surface area contributed by atoms with E-state index in [1.165, 1.54) is 23.4 Å². The largest absolute Gasteiger partial charge is 0.356 e. The van der Waals surface area contributed by atoms with Gasteiger partial charge in [-0.05, 0) is 78.6 Å². The second kappa shape index (κ2) is 9.17. The summed E-state index contributed by atoms with van der Waals surface area (Å²) in [5.41, 5.74) is 4.99. The van der Waals surface area contributed by atoms with Gasteiger partial charge in [0.2, 0.25) is 6.19 Å². The van der Waals surface area contributed by atoms with Crippen molar-refractivity contribution in [1.29, 1.82) is 5.26 Å². The number of rotatable bonds is 4. The quantitative estimate of drug-likeness (QED) is 0.477. The van der Waals surface area contributed by atoms with Gasteiger partial charge in [0, 0.05) is 34.2 Å². The molecule has 0 spiro atoms. The Morgan fingerprint density at radius 3 is 2.64 bits per heavy atom. The van der Waals surface area contributed by atoms with Crippen molar-refractivity contribution in [2.75, 3.05) is 6.54 Å². The lowest BCUT2D eigenvalue weighted by molar-refractivity contribution is 0.303. The number of aromatic nitrogens is 2. The summed E-state index contributed by atoms with van der Waals surface area (Å²) in [4.78, 5) is 6.53. The molecule has 8 heteroatoms. The van der Waals surface area contributed by atoms with E-state index in [1.54, 1.807) is 12.1 Å². The zero-order valence-corrected chi connectivity index (χ0v) is 19.4. The molecule has 1 N–H and O–H groups in total. The van der Waals surface area contributed by atoms with Crippen molar-refractivity contribution in [3.8, 4) is 17.3 Å². The van der Waals surface area contributed by atoms with Crippen LogP contribution in [0.3, 0.4) is 0 Å². The summed E-state index contributed by atoms with van der Waals surface area (Å²) < 4.78 is 13.3. The maximum Gasteiger partial charge on any atom is 0.207 e. The third-order valence-corrected chi connectivity index (χ3v) is 7.42. The van der Waals surface area contributed by atoms with E-state index in [0.717, 1.165) is 54.8 Å². The third-order valence-electron chi connectivity index (χ3n) is 6.74. The molecule has 5 nitrogen and oxygen atoms in total. The van der Waals surface area contributed by atoms with E-state index in [4.69, 9.17) is 23.2 Å². The number of benzene rings is 2. The van der Waals surface area contributed by atoms with Crippen LogP contribution in [0.5, 0.6) is 0 Å². The van der Waals surface area contributed by atoms with Crippen LogP contribution in [0, 0.1) is 23.2 Å². The van der Waals surface area contributed by atoms with Gasteiger partial charge in [0.25, 0.3) is 0 Å². The van der Waals surface area contributed by atoms with Gasteiger partial charge < -0.3 is 4.90 Å². The van der Waals surface area contributed by atoms with Gasteiger partial charge in [-0.3, -0.25) is 5.10 Å². The first-order valence-electron chi connectivity index (χ1n) is 11.0. The smallest absolute Gasteiger partial charge is 0.207 e. The predicted octanol–water partition coefficient (Wildman–Crippen LogP) is 5.82. The van der Waals surface area contributed by atoms with Crippen LogP contribution in [0.4, 0.5) is 4.39 Å². The van der Waals surface area contributed by atoms with E-state index in [9.17, 15) is 9.65 Å². The Balaban J connectivity index is 1.37. The first-order chi connectivity index (χ1) is 16.0. The third kappa shape index (κ3) is 4.36. The summed E-state index contributed by atoms with van der Waals surface area (Å²) in [6.45, 7) is 0.853. The molecule has 3 aromatic rings. The molecule has 5 rings (SSSR count). The first-order valence-corrected chi connectivity index (χ1v) is 11.8. The number of hydrogen-bond acceptors (Lipinski definition) is 3. The second-order valence-corrected chi connectivity index (χ2v) is 9.46. The molecule has 2 aromatic carbocycles. The van der Waals surface area contributed by atoms with E-state index in [2.05, 4.69) is 20.1 Å². The molecule has 1 aromatic heterocycles. The highest BCUT2D eigenvalue weighted by Gasteiger charge is 2.36. The Morgan fingerprint density at radius 2 is 1.91 bits per heavy atom. The van der Waals surface area contributed by atoms with Gasteiger partial charge in [0.05, 0.1) is 6.20 Å². The number of hydrogen-bond donors (Lipinski definition) is 1. The SMILES string of the molecule is N#CN=C1C(Cc2c(Cl)cc(-c3ccc(F)cc3)cc2Cl)CCN1[C@@H]1CCc2[nH]ncc2C1. The van der Waals surface area contributed by atoms with E-state index >= 15 is 0 Å². The van der Waals surface area contributed by atoms with Crippen molar-refractivity contribution in [2.24, 2.45) is 10.9 Å². The molecule has 33 heavy (non-hydrogen) atoms. The lowest BCUT2D eigenvalue weighted by atomic mass is 9.92. The molecule has 0 bridgehead atoms. The topological polar surface area (TPSA) is 68.1 Å². The molecule has 1 fully saturated rings. The molecule has 0 radical (unpaired) electrons. The summed E-state index contributed by atoms with van der Waals surface area (Å²) in [6.07, 6.45) is 8.26. The number of aromatic amines is 1. The number of aryl methyl sites for hydroxylation is 1. The minimum atomic E-state index is -0.287. The van der Waals surface area contributed by atoms with Gasteiger partial charge in [0.15, 0.2) is 0 Å². The van der Waals surface area contributed by atoms with Gasteiger partial charge in [-0.25, -0.2) is 4.39 Å². The van der Waals surface area contributed by atoms with Crippen LogP contribution in [-0.4, -0.2) is 33.5 Å². The number of nitrogens with zero attached hydrogens (tertiary/aromatic N) is 4. The molecule has 2 aliphatic rings. The number of halogens is 3. The van der Waals surface area contributed by atoms with Crippen LogP contribution in [0.2, 0.25) is 10.0 Å². The van der Waals surface area contributed by atoms with Gasteiger partial charge in [-0.15, -0.1) is 0 Å². The standard InChI is InChI=1S/C25H22Cl2FN5/c26-22-11-17(15-1-3-19(28)4-2-15)12-23(27)21(22)10-16-7-8-33(25(16)30-14-29)20-5-6-24-18(9-20)13-31-32-24/h1-4,11-13,16,20H,5-10H2,(H,31,32)/t16?,20-/m1/s1. The fraction of sp³-hybridized carbons (Fsp3) is 0.320. The maximum absolute atomic E-state index is 13.3. The summed E-state index contributed by atoms with van der Waals surface area (Å²) in [7, 11) is 0. The van der Waals surface area contributed by atoms with Crippen molar-refractivity contribution in [2.45, 2.75) is 38.1 Å². The number of aliphatic imine (C=N–C) groups is 1. The number of amidine groups is 1. The van der Waals surface area contributed by atoms with Crippen LogP contribution in [-0.2, 0) is 19.3 Å². The predicted molar refractivity (Wildman–Crippen MR) is 128 cm³/mol. The van der Waals surface area contributed by atoms with Crippen LogP contribution in [0.15, 0.2) is 47.6 Å². The highest BCUT2D eigenvalue weighted by Crippen LogP contribution is 2.37. The number of H-pyrrole nitrogens is 1. The highest BCUT2D eigenvalue weighted by molar-refractivity contribution is 6.36. The van der Waals surface area contributed by atoms with Crippen LogP contribution in [0.1, 0.15) is 29.7 Å². The van der Waals surface area contributed by atoms with Gasteiger partial charge in [0.1, 0.15) is 11.7 Å². The summed E-state index contributed by atoms with van der Waals surface area (Å²) in [5.74, 6) is 0.607. The van der Waals surface area contributed by atoms with Crippen molar-refractivity contribution in [1.82, 2.24) is 15.1 Å². The Morgan fingerprint density at radius 1 is 1.15 bits per heavy atom. The Kier molecular flexibility index (Phi) is 6.09. The summed E-state index contributed by atoms with van der Waals surface area (Å²) in [6, 6.07) is 10.3. The zero-order valence-electron chi connectivity index (χ0n) is 17.9. The average molecular weight is 482 g/mol. The Hall–Kier alpha value is -2.88. The van der Waals surface area contributed by atoms with E-state index < -0.39 is 0 Å². The molecule has 168 valence electrons. The molecule has 1 aliphatic carbocycles. The average Bonchev–Trinajstić information content (AvgIpc) is 3.43. The van der Waals surface area contributed by atoms with E-state index in [-0.39, 0.29) is 11.7 Å². The monoisotopic (exact) mass is 481 g/mol.